The van der Waals surface area contributed by atoms with Crippen molar-refractivity contribution in [2.24, 2.45) is 11.8 Å². The third kappa shape index (κ3) is 5.19. The highest BCUT2D eigenvalue weighted by molar-refractivity contribution is 5.92. The van der Waals surface area contributed by atoms with Crippen LogP contribution in [0.5, 0.6) is 0 Å². The molecule has 0 aliphatic carbocycles. The van der Waals surface area contributed by atoms with Crippen molar-refractivity contribution in [2.45, 2.75) is 26.8 Å². The number of rotatable bonds is 8. The molecule has 1 aromatic carbocycles. The van der Waals surface area contributed by atoms with E-state index in [1.165, 1.54) is 0 Å². The number of benzene rings is 1. The largest absolute Gasteiger partial charge is 0.481 e. The highest BCUT2D eigenvalue weighted by Crippen LogP contribution is 2.11. The monoisotopic (exact) mass is 330 g/mol. The Morgan fingerprint density at radius 1 is 1.25 bits per heavy atom. The number of aromatic nitrogens is 3. The van der Waals surface area contributed by atoms with Gasteiger partial charge in [0, 0.05) is 6.54 Å². The van der Waals surface area contributed by atoms with Gasteiger partial charge in [-0.05, 0) is 17.9 Å². The lowest BCUT2D eigenvalue weighted by Crippen LogP contribution is -2.33. The minimum Gasteiger partial charge on any atom is -0.481 e. The predicted octanol–water partition coefficient (Wildman–Crippen LogP) is 1.80. The smallest absolute Gasteiger partial charge is 0.308 e. The summed E-state index contributed by atoms with van der Waals surface area (Å²) in [6, 6.07) is 9.72. The number of hydrogen-bond donors (Lipinski definition) is 2. The highest BCUT2D eigenvalue weighted by atomic mass is 16.4. The van der Waals surface area contributed by atoms with Crippen LogP contribution >= 0.6 is 0 Å². The average Bonchev–Trinajstić information content (AvgIpc) is 3.00. The molecule has 2 N–H and O–H groups in total. The van der Waals surface area contributed by atoms with Crippen molar-refractivity contribution in [3.63, 3.8) is 0 Å². The molecule has 1 amide bonds. The second kappa shape index (κ2) is 8.24. The van der Waals surface area contributed by atoms with E-state index in [2.05, 4.69) is 15.6 Å². The van der Waals surface area contributed by atoms with E-state index in [-0.39, 0.29) is 18.2 Å². The number of carboxylic acid groups (broad SMARTS) is 1. The van der Waals surface area contributed by atoms with Crippen molar-refractivity contribution in [3.8, 4) is 0 Å². The number of hydrogen-bond acceptors (Lipinski definition) is 4. The van der Waals surface area contributed by atoms with E-state index in [1.807, 2.05) is 44.2 Å². The number of carboxylic acids is 1. The Balaban J connectivity index is 1.92. The highest BCUT2D eigenvalue weighted by Gasteiger charge is 2.20. The summed E-state index contributed by atoms with van der Waals surface area (Å²) in [5, 5.41) is 19.6. The van der Waals surface area contributed by atoms with Gasteiger partial charge in [0.25, 0.3) is 5.91 Å². The molecule has 1 atom stereocenters. The Labute approximate surface area is 140 Å². The first-order valence-corrected chi connectivity index (χ1v) is 7.90. The molecule has 0 aliphatic rings. The summed E-state index contributed by atoms with van der Waals surface area (Å²) in [6.45, 7) is 4.50. The second-order valence-corrected chi connectivity index (χ2v) is 6.16. The molecule has 0 bridgehead atoms. The summed E-state index contributed by atoms with van der Waals surface area (Å²) in [7, 11) is 0. The Morgan fingerprint density at radius 2 is 1.96 bits per heavy atom. The summed E-state index contributed by atoms with van der Waals surface area (Å²) < 4.78 is 1.58. The fraction of sp³-hybridized carbons (Fsp3) is 0.412. The fourth-order valence-electron chi connectivity index (χ4n) is 2.40. The van der Waals surface area contributed by atoms with Crippen LogP contribution in [0.1, 0.15) is 36.3 Å². The molecule has 2 aromatic rings. The van der Waals surface area contributed by atoms with Gasteiger partial charge in [-0.3, -0.25) is 9.59 Å². The molecule has 7 heteroatoms. The molecule has 0 fully saturated rings. The van der Waals surface area contributed by atoms with Crippen molar-refractivity contribution in [2.75, 3.05) is 6.54 Å². The van der Waals surface area contributed by atoms with E-state index in [0.29, 0.717) is 13.0 Å². The van der Waals surface area contributed by atoms with Crippen LogP contribution in [0.15, 0.2) is 36.5 Å². The number of nitrogens with zero attached hydrogens (tertiary/aromatic N) is 3. The molecule has 2 rings (SSSR count). The number of carbonyl (C=O) groups is 2. The third-order valence-corrected chi connectivity index (χ3v) is 3.57. The molecular formula is C17H22N4O3. The maximum Gasteiger partial charge on any atom is 0.308 e. The zero-order chi connectivity index (χ0) is 17.5. The van der Waals surface area contributed by atoms with Crippen LogP contribution in [0, 0.1) is 11.8 Å². The SMILES string of the molecule is CC(C)CC(CNC(=O)c1cn(Cc2ccccc2)nn1)C(=O)O. The normalized spacial score (nSPS) is 12.1. The maximum absolute atomic E-state index is 12.1. The first-order valence-electron chi connectivity index (χ1n) is 7.90. The van der Waals surface area contributed by atoms with E-state index in [1.54, 1.807) is 10.9 Å². The fourth-order valence-corrected chi connectivity index (χ4v) is 2.40. The molecule has 0 saturated heterocycles. The number of amides is 1. The van der Waals surface area contributed by atoms with Gasteiger partial charge in [-0.25, -0.2) is 4.68 Å². The van der Waals surface area contributed by atoms with Gasteiger partial charge in [-0.2, -0.15) is 0 Å². The molecule has 0 radical (unpaired) electrons. The van der Waals surface area contributed by atoms with Crippen LogP contribution in [0.25, 0.3) is 0 Å². The van der Waals surface area contributed by atoms with E-state index < -0.39 is 17.8 Å². The van der Waals surface area contributed by atoms with Crippen LogP contribution in [-0.2, 0) is 11.3 Å². The minimum atomic E-state index is -0.906. The van der Waals surface area contributed by atoms with Crippen LogP contribution < -0.4 is 5.32 Å². The lowest BCUT2D eigenvalue weighted by molar-refractivity contribution is -0.142. The molecule has 1 heterocycles. The number of aliphatic carboxylic acids is 1. The molecule has 0 spiro atoms. The van der Waals surface area contributed by atoms with Crippen molar-refractivity contribution in [3.05, 3.63) is 47.8 Å². The lowest BCUT2D eigenvalue weighted by Gasteiger charge is -2.14. The minimum absolute atomic E-state index is 0.0812. The van der Waals surface area contributed by atoms with Gasteiger partial charge in [0.15, 0.2) is 5.69 Å². The van der Waals surface area contributed by atoms with Crippen molar-refractivity contribution in [1.29, 1.82) is 0 Å². The first-order chi connectivity index (χ1) is 11.5. The van der Waals surface area contributed by atoms with Gasteiger partial charge in [0.2, 0.25) is 0 Å². The zero-order valence-corrected chi connectivity index (χ0v) is 13.8. The Morgan fingerprint density at radius 3 is 2.58 bits per heavy atom. The third-order valence-electron chi connectivity index (χ3n) is 3.57. The van der Waals surface area contributed by atoms with Gasteiger partial charge >= 0.3 is 5.97 Å². The first kappa shape index (κ1) is 17.7. The molecule has 0 aliphatic heterocycles. The Hall–Kier alpha value is -2.70. The molecule has 128 valence electrons. The van der Waals surface area contributed by atoms with Crippen LogP contribution in [0.4, 0.5) is 0 Å². The molecule has 7 nitrogen and oxygen atoms in total. The Bertz CT molecular complexity index is 682. The van der Waals surface area contributed by atoms with Crippen molar-refractivity contribution >= 4 is 11.9 Å². The zero-order valence-electron chi connectivity index (χ0n) is 13.8. The predicted molar refractivity (Wildman–Crippen MR) is 88.5 cm³/mol. The molecule has 0 saturated carbocycles. The molecule has 24 heavy (non-hydrogen) atoms. The Kier molecular flexibility index (Phi) is 6.06. The van der Waals surface area contributed by atoms with Crippen LogP contribution in [-0.4, -0.2) is 38.5 Å². The van der Waals surface area contributed by atoms with E-state index in [4.69, 9.17) is 0 Å². The summed E-state index contributed by atoms with van der Waals surface area (Å²) in [5.41, 5.74) is 1.23. The van der Waals surface area contributed by atoms with Crippen molar-refractivity contribution in [1.82, 2.24) is 20.3 Å². The topological polar surface area (TPSA) is 97.1 Å². The maximum atomic E-state index is 12.1. The molecular weight excluding hydrogens is 308 g/mol. The standard InChI is InChI=1S/C17H22N4O3/c1-12(2)8-14(17(23)24)9-18-16(22)15-11-21(20-19-15)10-13-6-4-3-5-7-13/h3-7,11-12,14H,8-10H2,1-2H3,(H,18,22)(H,23,24). The van der Waals surface area contributed by atoms with E-state index in [9.17, 15) is 14.7 Å². The number of carbonyl (C=O) groups excluding carboxylic acids is 1. The summed E-state index contributed by atoms with van der Waals surface area (Å²) in [4.78, 5) is 23.3. The summed E-state index contributed by atoms with van der Waals surface area (Å²) in [6.07, 6.45) is 2.07. The van der Waals surface area contributed by atoms with Gasteiger partial charge in [-0.1, -0.05) is 49.4 Å². The van der Waals surface area contributed by atoms with Gasteiger partial charge < -0.3 is 10.4 Å². The van der Waals surface area contributed by atoms with Gasteiger partial charge in [0.1, 0.15) is 0 Å². The van der Waals surface area contributed by atoms with Crippen LogP contribution in [0.2, 0.25) is 0 Å². The second-order valence-electron chi connectivity index (χ2n) is 6.16. The molecule has 1 unspecified atom stereocenters. The van der Waals surface area contributed by atoms with E-state index >= 15 is 0 Å². The van der Waals surface area contributed by atoms with Crippen molar-refractivity contribution < 1.29 is 14.7 Å². The number of nitrogens with one attached hydrogen (secondary N) is 1. The summed E-state index contributed by atoms with van der Waals surface area (Å²) >= 11 is 0. The lowest BCUT2D eigenvalue weighted by atomic mass is 9.97. The molecule has 1 aromatic heterocycles. The van der Waals surface area contributed by atoms with Gasteiger partial charge in [0.05, 0.1) is 18.7 Å². The van der Waals surface area contributed by atoms with Crippen LogP contribution in [0.3, 0.4) is 0 Å². The quantitative estimate of drug-likeness (QED) is 0.769. The average molecular weight is 330 g/mol. The van der Waals surface area contributed by atoms with E-state index in [0.717, 1.165) is 5.56 Å². The van der Waals surface area contributed by atoms with Gasteiger partial charge in [-0.15, -0.1) is 5.10 Å². The summed E-state index contributed by atoms with van der Waals surface area (Å²) in [5.74, 6) is -1.68.